The molecule has 2 N–H and O–H groups in total. The smallest absolute Gasteiger partial charge is 0.236 e. The maximum atomic E-state index is 5.80. The van der Waals surface area contributed by atoms with Crippen molar-refractivity contribution in [1.82, 2.24) is 4.98 Å². The van der Waals surface area contributed by atoms with Crippen molar-refractivity contribution < 1.29 is 4.42 Å². The van der Waals surface area contributed by atoms with Crippen molar-refractivity contribution in [2.24, 2.45) is 5.73 Å². The molecule has 0 aromatic carbocycles. The van der Waals surface area contributed by atoms with E-state index in [2.05, 4.69) is 4.98 Å². The second-order valence-electron chi connectivity index (χ2n) is 2.97. The molecule has 0 spiro atoms. The molecule has 0 amide bonds. The topological polar surface area (TPSA) is 52.0 Å². The van der Waals surface area contributed by atoms with E-state index < -0.39 is 0 Å². The second-order valence-corrected chi connectivity index (χ2v) is 4.69. The molecule has 2 heterocycles. The molecule has 2 rings (SSSR count). The number of thiophene rings is 1. The lowest BCUT2D eigenvalue weighted by atomic mass is 10.3. The van der Waals surface area contributed by atoms with Crippen LogP contribution >= 0.6 is 22.9 Å². The average molecular weight is 229 g/mol. The van der Waals surface area contributed by atoms with E-state index >= 15 is 0 Å². The Morgan fingerprint density at radius 1 is 1.57 bits per heavy atom. The van der Waals surface area contributed by atoms with E-state index in [0.717, 1.165) is 14.9 Å². The van der Waals surface area contributed by atoms with Gasteiger partial charge in [0.15, 0.2) is 0 Å². The molecule has 0 bridgehead atoms. The van der Waals surface area contributed by atoms with Gasteiger partial charge in [0.1, 0.15) is 6.26 Å². The molecular weight excluding hydrogens is 220 g/mol. The van der Waals surface area contributed by atoms with Gasteiger partial charge in [-0.25, -0.2) is 4.98 Å². The molecule has 0 radical (unpaired) electrons. The van der Waals surface area contributed by atoms with Crippen molar-refractivity contribution in [3.63, 3.8) is 0 Å². The number of rotatable bonds is 2. The molecule has 2 aromatic heterocycles. The van der Waals surface area contributed by atoms with E-state index in [1.54, 1.807) is 6.26 Å². The third-order valence-electron chi connectivity index (χ3n) is 1.77. The van der Waals surface area contributed by atoms with Gasteiger partial charge in [-0.15, -0.1) is 11.3 Å². The minimum Gasteiger partial charge on any atom is -0.443 e. The van der Waals surface area contributed by atoms with E-state index in [1.165, 1.54) is 11.3 Å². The molecule has 1 atom stereocenters. The van der Waals surface area contributed by atoms with Crippen LogP contribution in [0.25, 0.3) is 10.8 Å². The van der Waals surface area contributed by atoms with Crippen LogP contribution in [0.1, 0.15) is 18.7 Å². The minimum absolute atomic E-state index is 0.108. The van der Waals surface area contributed by atoms with Crippen LogP contribution in [-0.2, 0) is 0 Å². The highest BCUT2D eigenvalue weighted by Crippen LogP contribution is 2.30. The third-order valence-corrected chi connectivity index (χ3v) is 2.99. The predicted octanol–water partition coefficient (Wildman–Crippen LogP) is 3.08. The van der Waals surface area contributed by atoms with Gasteiger partial charge >= 0.3 is 0 Å². The van der Waals surface area contributed by atoms with Gasteiger partial charge in [-0.3, -0.25) is 0 Å². The van der Waals surface area contributed by atoms with Crippen LogP contribution in [0.15, 0.2) is 22.8 Å². The number of oxazole rings is 1. The first-order chi connectivity index (χ1) is 6.66. The van der Waals surface area contributed by atoms with Gasteiger partial charge in [0, 0.05) is 6.04 Å². The van der Waals surface area contributed by atoms with Crippen LogP contribution in [0.3, 0.4) is 0 Å². The van der Waals surface area contributed by atoms with Crippen LogP contribution in [0.4, 0.5) is 0 Å². The Labute approximate surface area is 90.5 Å². The average Bonchev–Trinajstić information content (AvgIpc) is 2.70. The lowest BCUT2D eigenvalue weighted by Crippen LogP contribution is -2.04. The SMILES string of the molecule is CC(N)c1coc(-c2ccc(Cl)s2)n1. The molecule has 0 saturated heterocycles. The molecule has 0 fully saturated rings. The van der Waals surface area contributed by atoms with Crippen LogP contribution in [0.5, 0.6) is 0 Å². The predicted molar refractivity (Wildman–Crippen MR) is 57.4 cm³/mol. The summed E-state index contributed by atoms with van der Waals surface area (Å²) in [5, 5.41) is 0. The minimum atomic E-state index is -0.108. The normalized spacial score (nSPS) is 13.1. The summed E-state index contributed by atoms with van der Waals surface area (Å²) in [4.78, 5) is 5.17. The largest absolute Gasteiger partial charge is 0.443 e. The Bertz CT molecular complexity index is 435. The second kappa shape index (κ2) is 3.73. The van der Waals surface area contributed by atoms with E-state index in [-0.39, 0.29) is 6.04 Å². The highest BCUT2D eigenvalue weighted by molar-refractivity contribution is 7.19. The molecule has 14 heavy (non-hydrogen) atoms. The first-order valence-corrected chi connectivity index (χ1v) is 5.33. The van der Waals surface area contributed by atoms with E-state index in [4.69, 9.17) is 21.8 Å². The number of aromatic nitrogens is 1. The zero-order valence-corrected chi connectivity index (χ0v) is 9.10. The fourth-order valence-electron chi connectivity index (χ4n) is 1.04. The molecule has 3 nitrogen and oxygen atoms in total. The monoisotopic (exact) mass is 228 g/mol. The maximum absolute atomic E-state index is 5.80. The van der Waals surface area contributed by atoms with E-state index in [0.29, 0.717) is 5.89 Å². The molecule has 0 aliphatic carbocycles. The first-order valence-electron chi connectivity index (χ1n) is 4.13. The van der Waals surface area contributed by atoms with Gasteiger partial charge in [0.25, 0.3) is 0 Å². The molecule has 5 heteroatoms. The van der Waals surface area contributed by atoms with Gasteiger partial charge < -0.3 is 10.2 Å². The number of hydrogen-bond donors (Lipinski definition) is 1. The molecule has 0 saturated carbocycles. The molecule has 2 aromatic rings. The lowest BCUT2D eigenvalue weighted by molar-refractivity contribution is 0.572. The Hall–Kier alpha value is -0.840. The Morgan fingerprint density at radius 3 is 2.86 bits per heavy atom. The van der Waals surface area contributed by atoms with Crippen LogP contribution in [0, 0.1) is 0 Å². The molecule has 1 unspecified atom stereocenters. The number of nitrogens with two attached hydrogens (primary N) is 1. The summed E-state index contributed by atoms with van der Waals surface area (Å²) in [5.74, 6) is 0.578. The van der Waals surface area contributed by atoms with Crippen LogP contribution in [0.2, 0.25) is 4.34 Å². The Balaban J connectivity index is 2.33. The highest BCUT2D eigenvalue weighted by Gasteiger charge is 2.10. The molecule has 0 aliphatic rings. The number of hydrogen-bond acceptors (Lipinski definition) is 4. The maximum Gasteiger partial charge on any atom is 0.236 e. The number of halogens is 1. The van der Waals surface area contributed by atoms with Crippen molar-refractivity contribution in [3.8, 4) is 10.8 Å². The van der Waals surface area contributed by atoms with Gasteiger partial charge in [0.05, 0.1) is 14.9 Å². The number of nitrogens with zero attached hydrogens (tertiary/aromatic N) is 1. The summed E-state index contributed by atoms with van der Waals surface area (Å²) in [6.45, 7) is 1.86. The Kier molecular flexibility index (Phi) is 2.58. The zero-order chi connectivity index (χ0) is 10.1. The van der Waals surface area contributed by atoms with E-state index in [9.17, 15) is 0 Å². The highest BCUT2D eigenvalue weighted by atomic mass is 35.5. The molecular formula is C9H9ClN2OS. The fourth-order valence-corrected chi connectivity index (χ4v) is 2.01. The van der Waals surface area contributed by atoms with Crippen LogP contribution < -0.4 is 5.73 Å². The van der Waals surface area contributed by atoms with Crippen molar-refractivity contribution in [1.29, 1.82) is 0 Å². The lowest BCUT2D eigenvalue weighted by Gasteiger charge is -1.94. The van der Waals surface area contributed by atoms with Gasteiger partial charge in [-0.2, -0.15) is 0 Å². The summed E-state index contributed by atoms with van der Waals surface area (Å²) in [6, 6.07) is 3.59. The zero-order valence-electron chi connectivity index (χ0n) is 7.53. The summed E-state index contributed by atoms with van der Waals surface area (Å²) in [6.07, 6.45) is 1.58. The van der Waals surface area contributed by atoms with E-state index in [1.807, 2.05) is 19.1 Å². The molecule has 74 valence electrons. The van der Waals surface area contributed by atoms with Crippen molar-refractivity contribution in [3.05, 3.63) is 28.4 Å². The summed E-state index contributed by atoms with van der Waals surface area (Å²) < 4.78 is 6.01. The quantitative estimate of drug-likeness (QED) is 0.860. The fraction of sp³-hybridized carbons (Fsp3) is 0.222. The third kappa shape index (κ3) is 1.82. The Morgan fingerprint density at radius 2 is 2.36 bits per heavy atom. The summed E-state index contributed by atoms with van der Waals surface area (Å²) >= 11 is 7.24. The van der Waals surface area contributed by atoms with Crippen molar-refractivity contribution in [2.75, 3.05) is 0 Å². The standard InChI is InChI=1S/C9H9ClN2OS/c1-5(11)6-4-13-9(12-6)7-2-3-8(10)14-7/h2-5H,11H2,1H3. The summed E-state index contributed by atoms with van der Waals surface area (Å²) in [7, 11) is 0. The van der Waals surface area contributed by atoms with Gasteiger partial charge in [0.2, 0.25) is 5.89 Å². The van der Waals surface area contributed by atoms with Crippen molar-refractivity contribution in [2.45, 2.75) is 13.0 Å². The molecule has 0 aliphatic heterocycles. The van der Waals surface area contributed by atoms with Gasteiger partial charge in [-0.05, 0) is 19.1 Å². The van der Waals surface area contributed by atoms with Crippen LogP contribution in [-0.4, -0.2) is 4.98 Å². The van der Waals surface area contributed by atoms with Gasteiger partial charge in [-0.1, -0.05) is 11.6 Å². The summed E-state index contributed by atoms with van der Waals surface area (Å²) in [5.41, 5.74) is 6.42. The first kappa shape index (κ1) is 9.71. The van der Waals surface area contributed by atoms with Crippen molar-refractivity contribution >= 4 is 22.9 Å².